The van der Waals surface area contributed by atoms with Crippen molar-refractivity contribution in [3.05, 3.63) is 54.2 Å². The van der Waals surface area contributed by atoms with Gasteiger partial charge in [0.05, 0.1) is 11.8 Å². The van der Waals surface area contributed by atoms with Crippen molar-refractivity contribution in [3.63, 3.8) is 0 Å². The summed E-state index contributed by atoms with van der Waals surface area (Å²) in [4.78, 5) is 3.38. The van der Waals surface area contributed by atoms with Gasteiger partial charge >= 0.3 is 0 Å². The number of nitrogens with zero attached hydrogens (tertiary/aromatic N) is 4. The second kappa shape index (κ2) is 8.15. The van der Waals surface area contributed by atoms with Crippen LogP contribution in [0.25, 0.3) is 11.3 Å². The topological polar surface area (TPSA) is 81.8 Å². The third-order valence-electron chi connectivity index (χ3n) is 3.86. The fourth-order valence-electron chi connectivity index (χ4n) is 2.58. The van der Waals surface area contributed by atoms with Crippen LogP contribution in [0.4, 0.5) is 8.78 Å². The highest BCUT2D eigenvalue weighted by Crippen LogP contribution is 2.31. The highest BCUT2D eigenvalue weighted by atomic mass is 35.5. The van der Waals surface area contributed by atoms with Gasteiger partial charge in [-0.3, -0.25) is 4.68 Å². The molecule has 0 aliphatic carbocycles. The van der Waals surface area contributed by atoms with Crippen molar-refractivity contribution in [1.29, 1.82) is 0 Å². The van der Waals surface area contributed by atoms with E-state index in [1.54, 1.807) is 14.0 Å². The SMILES string of the molecule is CCn1cc(S(=O)(=O)n2cc(CNC)c(F)c2-c2cccnc2F)cn1.Cl. The predicted octanol–water partition coefficient (Wildman–Crippen LogP) is 2.42. The molecule has 0 bridgehead atoms. The van der Waals surface area contributed by atoms with Crippen molar-refractivity contribution in [3.8, 4) is 11.3 Å². The van der Waals surface area contributed by atoms with Gasteiger partial charge in [-0.15, -0.1) is 12.4 Å². The van der Waals surface area contributed by atoms with Crippen LogP contribution in [0.15, 0.2) is 41.8 Å². The average Bonchev–Trinajstić information content (AvgIpc) is 3.22. The largest absolute Gasteiger partial charge is 0.316 e. The lowest BCUT2D eigenvalue weighted by Gasteiger charge is -2.09. The Hall–Kier alpha value is -2.30. The second-order valence-electron chi connectivity index (χ2n) is 5.52. The Morgan fingerprint density at radius 2 is 2.00 bits per heavy atom. The molecule has 1 N–H and O–H groups in total. The van der Waals surface area contributed by atoms with Crippen molar-refractivity contribution in [2.24, 2.45) is 0 Å². The first-order valence-corrected chi connectivity index (χ1v) is 9.27. The first-order valence-electron chi connectivity index (χ1n) is 7.83. The Balaban J connectivity index is 0.00000261. The highest BCUT2D eigenvalue weighted by Gasteiger charge is 2.29. The normalized spacial score (nSPS) is 11.4. The van der Waals surface area contributed by atoms with Crippen molar-refractivity contribution in [2.75, 3.05) is 7.05 Å². The zero-order valence-electron chi connectivity index (χ0n) is 14.6. The molecule has 3 heterocycles. The molecule has 0 aliphatic rings. The molecule has 0 unspecified atom stereocenters. The zero-order valence-corrected chi connectivity index (χ0v) is 16.2. The summed E-state index contributed by atoms with van der Waals surface area (Å²) in [5.74, 6) is -1.78. The minimum Gasteiger partial charge on any atom is -0.316 e. The molecule has 3 rings (SSSR count). The quantitative estimate of drug-likeness (QED) is 0.623. The van der Waals surface area contributed by atoms with Gasteiger partial charge in [-0.1, -0.05) is 0 Å². The number of aryl methyl sites for hydroxylation is 1. The lowest BCUT2D eigenvalue weighted by molar-refractivity contribution is 0.574. The molecule has 0 aliphatic heterocycles. The molecule has 11 heteroatoms. The van der Waals surface area contributed by atoms with Gasteiger partial charge in [-0.05, 0) is 26.1 Å². The average molecular weight is 418 g/mol. The van der Waals surface area contributed by atoms with Gasteiger partial charge < -0.3 is 5.32 Å². The summed E-state index contributed by atoms with van der Waals surface area (Å²) in [7, 11) is -2.57. The summed E-state index contributed by atoms with van der Waals surface area (Å²) in [6.07, 6.45) is 4.87. The van der Waals surface area contributed by atoms with Crippen LogP contribution < -0.4 is 5.32 Å². The highest BCUT2D eigenvalue weighted by molar-refractivity contribution is 7.90. The van der Waals surface area contributed by atoms with Crippen LogP contribution >= 0.6 is 12.4 Å². The summed E-state index contributed by atoms with van der Waals surface area (Å²) in [5.41, 5.74) is -0.541. The molecule has 7 nitrogen and oxygen atoms in total. The Morgan fingerprint density at radius 3 is 2.59 bits per heavy atom. The molecule has 0 amide bonds. The summed E-state index contributed by atoms with van der Waals surface area (Å²) < 4.78 is 57.3. The lowest BCUT2D eigenvalue weighted by Crippen LogP contribution is -2.14. The fourth-order valence-corrected chi connectivity index (χ4v) is 3.93. The summed E-state index contributed by atoms with van der Waals surface area (Å²) >= 11 is 0. The van der Waals surface area contributed by atoms with E-state index in [9.17, 15) is 17.2 Å². The first kappa shape index (κ1) is 21.0. The first-order chi connectivity index (χ1) is 12.4. The maximum atomic E-state index is 14.9. The third kappa shape index (κ3) is 3.73. The lowest BCUT2D eigenvalue weighted by atomic mass is 10.2. The number of pyridine rings is 1. The van der Waals surface area contributed by atoms with Crippen molar-refractivity contribution in [2.45, 2.75) is 24.9 Å². The molecular weight excluding hydrogens is 400 g/mol. The van der Waals surface area contributed by atoms with E-state index in [1.165, 1.54) is 35.4 Å². The van der Waals surface area contributed by atoms with E-state index in [-0.39, 0.29) is 35.0 Å². The van der Waals surface area contributed by atoms with Crippen molar-refractivity contribution >= 4 is 22.4 Å². The molecule has 0 spiro atoms. The molecule has 0 aromatic carbocycles. The number of aromatic nitrogens is 4. The Labute approximate surface area is 161 Å². The molecule has 3 aromatic rings. The molecule has 27 heavy (non-hydrogen) atoms. The van der Waals surface area contributed by atoms with E-state index in [0.29, 0.717) is 6.54 Å². The predicted molar refractivity (Wildman–Crippen MR) is 98.1 cm³/mol. The Bertz CT molecular complexity index is 1050. The standard InChI is InChI=1S/C16H17F2N5O2S.ClH/c1-3-22-10-12(8-21-22)26(24,25)23-9-11(7-19-2)14(17)15(23)13-5-4-6-20-16(13)18;/h4-6,8-10,19H,3,7H2,1-2H3;1H. The molecule has 0 radical (unpaired) electrons. The number of nitrogens with one attached hydrogen (secondary N) is 1. The van der Waals surface area contributed by atoms with Crippen LogP contribution in [0.2, 0.25) is 0 Å². The number of rotatable bonds is 6. The van der Waals surface area contributed by atoms with Crippen LogP contribution in [0.1, 0.15) is 12.5 Å². The van der Waals surface area contributed by atoms with Crippen LogP contribution in [0.5, 0.6) is 0 Å². The molecule has 0 saturated heterocycles. The summed E-state index contributed by atoms with van der Waals surface area (Å²) in [5, 5.41) is 6.71. The zero-order chi connectivity index (χ0) is 18.9. The van der Waals surface area contributed by atoms with E-state index in [1.807, 2.05) is 0 Å². The monoisotopic (exact) mass is 417 g/mol. The minimum absolute atomic E-state index is 0. The molecule has 0 fully saturated rings. The van der Waals surface area contributed by atoms with Gasteiger partial charge in [0.15, 0.2) is 5.82 Å². The molecule has 3 aromatic heterocycles. The maximum absolute atomic E-state index is 14.9. The Kier molecular flexibility index (Phi) is 6.34. The minimum atomic E-state index is -4.17. The number of hydrogen-bond acceptors (Lipinski definition) is 5. The van der Waals surface area contributed by atoms with Crippen LogP contribution in [0, 0.1) is 11.8 Å². The van der Waals surface area contributed by atoms with Crippen LogP contribution in [-0.2, 0) is 23.1 Å². The second-order valence-corrected chi connectivity index (χ2v) is 7.34. The van der Waals surface area contributed by atoms with Gasteiger partial charge in [-0.25, -0.2) is 21.8 Å². The maximum Gasteiger partial charge on any atom is 0.271 e. The molecule has 0 atom stereocenters. The van der Waals surface area contributed by atoms with E-state index in [4.69, 9.17) is 0 Å². The summed E-state index contributed by atoms with van der Waals surface area (Å²) in [6, 6.07) is 2.69. The smallest absolute Gasteiger partial charge is 0.271 e. The molecule has 146 valence electrons. The van der Waals surface area contributed by atoms with E-state index < -0.39 is 27.5 Å². The summed E-state index contributed by atoms with van der Waals surface area (Å²) in [6.45, 7) is 2.36. The molecular formula is C16H18ClF2N5O2S. The Morgan fingerprint density at radius 1 is 1.26 bits per heavy atom. The van der Waals surface area contributed by atoms with E-state index in [2.05, 4.69) is 15.4 Å². The third-order valence-corrected chi connectivity index (χ3v) is 5.47. The fraction of sp³-hybridized carbons (Fsp3) is 0.250. The van der Waals surface area contributed by atoms with Gasteiger partial charge in [0.2, 0.25) is 5.95 Å². The van der Waals surface area contributed by atoms with Gasteiger partial charge in [0.1, 0.15) is 10.6 Å². The number of hydrogen-bond donors (Lipinski definition) is 1. The van der Waals surface area contributed by atoms with E-state index in [0.717, 1.165) is 10.2 Å². The van der Waals surface area contributed by atoms with Gasteiger partial charge in [0, 0.05) is 37.2 Å². The van der Waals surface area contributed by atoms with Crippen molar-refractivity contribution < 1.29 is 17.2 Å². The molecule has 0 saturated carbocycles. The van der Waals surface area contributed by atoms with Crippen LogP contribution in [0.3, 0.4) is 0 Å². The van der Waals surface area contributed by atoms with Gasteiger partial charge in [0.25, 0.3) is 10.0 Å². The number of halogens is 3. The van der Waals surface area contributed by atoms with Crippen molar-refractivity contribution in [1.82, 2.24) is 24.1 Å². The van der Waals surface area contributed by atoms with Crippen LogP contribution in [-0.4, -0.2) is 34.2 Å². The van der Waals surface area contributed by atoms with Gasteiger partial charge in [-0.2, -0.15) is 9.49 Å². The van der Waals surface area contributed by atoms with E-state index >= 15 is 0 Å².